The zero-order valence-corrected chi connectivity index (χ0v) is 37.7. The summed E-state index contributed by atoms with van der Waals surface area (Å²) >= 11 is 1.88. The Hall–Kier alpha value is -7.78. The van der Waals surface area contributed by atoms with E-state index in [0.29, 0.717) is 0 Å². The van der Waals surface area contributed by atoms with Gasteiger partial charge in [0.05, 0.1) is 5.41 Å². The van der Waals surface area contributed by atoms with E-state index < -0.39 is 5.41 Å². The summed E-state index contributed by atoms with van der Waals surface area (Å²) in [5.74, 6) is 0. The summed E-state index contributed by atoms with van der Waals surface area (Å²) in [6.07, 6.45) is 0. The van der Waals surface area contributed by atoms with Crippen LogP contribution in [0.25, 0.3) is 64.7 Å². The first-order valence-corrected chi connectivity index (χ1v) is 23.8. The molecular weight excluding hydrogens is 815 g/mol. The summed E-state index contributed by atoms with van der Waals surface area (Å²) in [6.45, 7) is 4.74. The second-order valence-corrected chi connectivity index (χ2v) is 19.4. The van der Waals surface area contributed by atoms with Gasteiger partial charge < -0.3 is 4.90 Å². The Kier molecular flexibility index (Phi) is 8.72. The molecule has 2 aliphatic carbocycles. The number of benzene rings is 10. The Morgan fingerprint density at radius 2 is 0.803 bits per heavy atom. The summed E-state index contributed by atoms with van der Waals surface area (Å²) in [7, 11) is 0. The van der Waals surface area contributed by atoms with Crippen LogP contribution >= 0.6 is 11.3 Å². The third-order valence-corrected chi connectivity index (χ3v) is 15.8. The largest absolute Gasteiger partial charge is 0.310 e. The molecule has 2 heteroatoms. The second-order valence-electron chi connectivity index (χ2n) is 18.4. The predicted molar refractivity (Wildman–Crippen MR) is 280 cm³/mol. The molecule has 2 aliphatic rings. The van der Waals surface area contributed by atoms with Gasteiger partial charge in [-0.05, 0) is 120 Å². The van der Waals surface area contributed by atoms with Crippen LogP contribution in [0, 0.1) is 0 Å². The molecule has 13 rings (SSSR count). The normalized spacial score (nSPS) is 13.8. The van der Waals surface area contributed by atoms with Crippen LogP contribution in [0.2, 0.25) is 0 Å². The van der Waals surface area contributed by atoms with Gasteiger partial charge >= 0.3 is 0 Å². The maximum Gasteiger partial charge on any atom is 0.0713 e. The SMILES string of the molecule is CC1(C)c2ccccc2-c2ccc(N(c3ccc(-c4cccc5c4sc4ccccc45)cc3)c3ccc(C4(c5ccccc5)c5ccccc5-c5ccccc5-c5ccccc54)cc3)cc21. The average Bonchev–Trinajstić information content (AvgIpc) is 3.83. The van der Waals surface area contributed by atoms with Crippen molar-refractivity contribution in [1.82, 2.24) is 0 Å². The van der Waals surface area contributed by atoms with Gasteiger partial charge in [0.1, 0.15) is 0 Å². The summed E-state index contributed by atoms with van der Waals surface area (Å²) in [4.78, 5) is 2.45. The molecule has 0 unspecified atom stereocenters. The van der Waals surface area contributed by atoms with E-state index in [0.717, 1.165) is 17.1 Å². The molecule has 0 atom stereocenters. The lowest BCUT2D eigenvalue weighted by atomic mass is 9.63. The quantitative estimate of drug-likeness (QED) is 0.161. The maximum absolute atomic E-state index is 2.45. The van der Waals surface area contributed by atoms with Gasteiger partial charge in [-0.1, -0.05) is 208 Å². The van der Waals surface area contributed by atoms with Gasteiger partial charge in [0.15, 0.2) is 0 Å². The Morgan fingerprint density at radius 1 is 0.333 bits per heavy atom. The topological polar surface area (TPSA) is 3.24 Å². The molecule has 0 amide bonds. The first-order valence-electron chi connectivity index (χ1n) is 23.0. The van der Waals surface area contributed by atoms with Gasteiger partial charge in [0, 0.05) is 42.6 Å². The minimum atomic E-state index is -0.602. The molecule has 312 valence electrons. The fourth-order valence-corrected chi connectivity index (χ4v) is 12.8. The summed E-state index contributed by atoms with van der Waals surface area (Å²) < 4.78 is 2.65. The first kappa shape index (κ1) is 38.7. The number of anilines is 3. The molecule has 1 heterocycles. The van der Waals surface area contributed by atoms with Crippen molar-refractivity contribution in [2.24, 2.45) is 0 Å². The van der Waals surface area contributed by atoms with E-state index in [1.807, 2.05) is 11.3 Å². The third kappa shape index (κ3) is 5.65. The monoisotopic (exact) mass is 859 g/mol. The molecule has 0 spiro atoms. The van der Waals surface area contributed by atoms with Crippen molar-refractivity contribution >= 4 is 48.6 Å². The zero-order chi connectivity index (χ0) is 44.0. The molecule has 1 nitrogen and oxygen atoms in total. The van der Waals surface area contributed by atoms with Crippen LogP contribution in [0.1, 0.15) is 47.2 Å². The smallest absolute Gasteiger partial charge is 0.0713 e. The summed E-state index contributed by atoms with van der Waals surface area (Å²) in [6, 6.07) is 88.4. The lowest BCUT2D eigenvalue weighted by Crippen LogP contribution is -2.31. The van der Waals surface area contributed by atoms with Gasteiger partial charge in [-0.2, -0.15) is 0 Å². The number of nitrogens with zero attached hydrogens (tertiary/aromatic N) is 1. The Balaban J connectivity index is 1.00. The maximum atomic E-state index is 2.45. The molecule has 10 aromatic carbocycles. The van der Waals surface area contributed by atoms with E-state index in [9.17, 15) is 0 Å². The van der Waals surface area contributed by atoms with Crippen molar-refractivity contribution in [2.45, 2.75) is 24.7 Å². The molecule has 0 saturated carbocycles. The van der Waals surface area contributed by atoms with Crippen LogP contribution in [-0.2, 0) is 10.8 Å². The summed E-state index contributed by atoms with van der Waals surface area (Å²) in [5, 5.41) is 2.64. The molecule has 1 aromatic heterocycles. The number of fused-ring (bicyclic) bond motifs is 11. The van der Waals surface area contributed by atoms with Crippen molar-refractivity contribution in [2.75, 3.05) is 4.90 Å². The highest BCUT2D eigenvalue weighted by molar-refractivity contribution is 7.26. The Bertz CT molecular complexity index is 3600. The van der Waals surface area contributed by atoms with E-state index in [1.165, 1.54) is 98.1 Å². The van der Waals surface area contributed by atoms with Gasteiger partial charge in [-0.3, -0.25) is 0 Å². The third-order valence-electron chi connectivity index (χ3n) is 14.6. The van der Waals surface area contributed by atoms with Crippen LogP contribution in [0.3, 0.4) is 0 Å². The molecule has 0 bridgehead atoms. The fourth-order valence-electron chi connectivity index (χ4n) is 11.6. The van der Waals surface area contributed by atoms with Crippen LogP contribution < -0.4 is 4.90 Å². The van der Waals surface area contributed by atoms with Crippen molar-refractivity contribution < 1.29 is 0 Å². The first-order chi connectivity index (χ1) is 32.5. The van der Waals surface area contributed by atoms with Crippen molar-refractivity contribution in [1.29, 1.82) is 0 Å². The second kappa shape index (κ2) is 14.9. The summed E-state index contributed by atoms with van der Waals surface area (Å²) in [5.41, 5.74) is 20.5. The average molecular weight is 860 g/mol. The van der Waals surface area contributed by atoms with Crippen LogP contribution in [0.15, 0.2) is 237 Å². The van der Waals surface area contributed by atoms with Gasteiger partial charge in [0.25, 0.3) is 0 Å². The number of hydrogen-bond donors (Lipinski definition) is 0. The molecule has 0 N–H and O–H groups in total. The van der Waals surface area contributed by atoms with Crippen molar-refractivity contribution in [3.63, 3.8) is 0 Å². The van der Waals surface area contributed by atoms with Crippen molar-refractivity contribution in [3.8, 4) is 44.5 Å². The molecule has 0 radical (unpaired) electrons. The van der Waals surface area contributed by atoms with E-state index >= 15 is 0 Å². The fraction of sp³-hybridized carbons (Fsp3) is 0.0625. The molecule has 66 heavy (non-hydrogen) atoms. The van der Waals surface area contributed by atoms with Gasteiger partial charge in [-0.15, -0.1) is 11.3 Å². The van der Waals surface area contributed by atoms with E-state index in [-0.39, 0.29) is 5.41 Å². The van der Waals surface area contributed by atoms with Crippen LogP contribution in [0.5, 0.6) is 0 Å². The molecule has 0 saturated heterocycles. The van der Waals surface area contributed by atoms with Crippen molar-refractivity contribution in [3.05, 3.63) is 270 Å². The highest BCUT2D eigenvalue weighted by Crippen LogP contribution is 2.56. The van der Waals surface area contributed by atoms with Crippen LogP contribution in [-0.4, -0.2) is 0 Å². The number of thiophene rings is 1. The predicted octanol–water partition coefficient (Wildman–Crippen LogP) is 17.5. The van der Waals surface area contributed by atoms with Gasteiger partial charge in [0.2, 0.25) is 0 Å². The van der Waals surface area contributed by atoms with Gasteiger partial charge in [-0.25, -0.2) is 0 Å². The van der Waals surface area contributed by atoms with Crippen LogP contribution in [0.4, 0.5) is 17.1 Å². The molecule has 11 aromatic rings. The zero-order valence-electron chi connectivity index (χ0n) is 36.9. The van der Waals surface area contributed by atoms with E-state index in [2.05, 4.69) is 255 Å². The highest BCUT2D eigenvalue weighted by atomic mass is 32.1. The molecule has 0 aliphatic heterocycles. The minimum Gasteiger partial charge on any atom is -0.310 e. The number of rotatable bonds is 6. The molecular formula is C64H45NS. The molecule has 0 fully saturated rings. The standard InChI is InChI=1S/C64H45NS/c1-63(2)57-27-12-8-23-53(57)54-40-39-47(41-60(54)63)65(45-35-31-42(32-36-45)48-25-16-26-56-55-24-11-15-30-61(55)66-62(48)56)46-37-33-44(34-38-46)64(43-17-4-3-5-18-43)58-28-13-9-21-51(58)49-19-6-7-20-50(49)52-22-10-14-29-59(52)64/h3-41H,1-2H3. The highest BCUT2D eigenvalue weighted by Gasteiger charge is 2.44. The Labute approximate surface area is 390 Å². The minimum absolute atomic E-state index is 0.135. The number of hydrogen-bond acceptors (Lipinski definition) is 2. The lowest BCUT2D eigenvalue weighted by Gasteiger charge is -2.38. The Morgan fingerprint density at radius 3 is 1.47 bits per heavy atom. The van der Waals surface area contributed by atoms with E-state index in [4.69, 9.17) is 0 Å². The lowest BCUT2D eigenvalue weighted by molar-refractivity contribution is 0.660. The van der Waals surface area contributed by atoms with E-state index in [1.54, 1.807) is 0 Å².